The Morgan fingerprint density at radius 3 is 2.50 bits per heavy atom. The van der Waals surface area contributed by atoms with E-state index in [2.05, 4.69) is 10.6 Å². The van der Waals surface area contributed by atoms with Crippen molar-refractivity contribution in [1.82, 2.24) is 10.6 Å². The van der Waals surface area contributed by atoms with Crippen molar-refractivity contribution in [2.75, 3.05) is 6.54 Å². The molecule has 0 aliphatic heterocycles. The predicted molar refractivity (Wildman–Crippen MR) is 90.8 cm³/mol. The first-order valence-corrected chi connectivity index (χ1v) is 7.74. The zero-order valence-electron chi connectivity index (χ0n) is 13.4. The first-order valence-electron chi connectivity index (χ1n) is 7.74. The minimum atomic E-state index is -0.965. The van der Waals surface area contributed by atoms with Crippen LogP contribution in [0.5, 0.6) is 0 Å². The van der Waals surface area contributed by atoms with Gasteiger partial charge < -0.3 is 15.7 Å². The van der Waals surface area contributed by atoms with E-state index in [1.807, 2.05) is 30.3 Å². The van der Waals surface area contributed by atoms with Crippen LogP contribution in [0.3, 0.4) is 0 Å². The quantitative estimate of drug-likeness (QED) is 0.724. The van der Waals surface area contributed by atoms with E-state index in [9.17, 15) is 14.4 Å². The Kier molecular flexibility index (Phi) is 5.89. The summed E-state index contributed by atoms with van der Waals surface area (Å²) in [7, 11) is 0. The van der Waals surface area contributed by atoms with E-state index in [0.29, 0.717) is 5.56 Å². The third kappa shape index (κ3) is 5.08. The number of carbonyl (C=O) groups excluding carboxylic acids is 2. The molecular weight excluding hydrogens is 308 g/mol. The number of fused-ring (bicyclic) bond motifs is 1. The molecule has 0 saturated carbocycles. The van der Waals surface area contributed by atoms with Gasteiger partial charge in [-0.15, -0.1) is 0 Å². The molecule has 0 aliphatic rings. The number of carbonyl (C=O) groups is 3. The molecule has 0 heterocycles. The van der Waals surface area contributed by atoms with Gasteiger partial charge in [-0.05, 0) is 29.8 Å². The number of amides is 2. The maximum atomic E-state index is 12.1. The summed E-state index contributed by atoms with van der Waals surface area (Å²) >= 11 is 0. The van der Waals surface area contributed by atoms with E-state index in [0.717, 1.165) is 10.8 Å². The lowest BCUT2D eigenvalue weighted by atomic mass is 10.1. The van der Waals surface area contributed by atoms with Crippen molar-refractivity contribution in [3.05, 3.63) is 48.0 Å². The molecule has 0 radical (unpaired) electrons. The van der Waals surface area contributed by atoms with Crippen molar-refractivity contribution in [3.63, 3.8) is 0 Å². The average molecular weight is 328 g/mol. The zero-order valence-corrected chi connectivity index (χ0v) is 13.4. The Balaban J connectivity index is 1.82. The lowest BCUT2D eigenvalue weighted by molar-refractivity contribution is -0.137. The van der Waals surface area contributed by atoms with Crippen molar-refractivity contribution in [3.8, 4) is 0 Å². The van der Waals surface area contributed by atoms with Gasteiger partial charge >= 0.3 is 5.97 Å². The second kappa shape index (κ2) is 8.10. The van der Waals surface area contributed by atoms with Crippen molar-refractivity contribution >= 4 is 28.6 Å². The Bertz CT molecular complexity index is 758. The molecule has 3 N–H and O–H groups in total. The van der Waals surface area contributed by atoms with Gasteiger partial charge in [0.2, 0.25) is 5.91 Å². The number of carboxylic acids is 1. The Morgan fingerprint density at radius 2 is 1.79 bits per heavy atom. The number of carboxylic acid groups (broad SMARTS) is 1. The summed E-state index contributed by atoms with van der Waals surface area (Å²) in [5.41, 5.74) is 0.536. The third-order valence-electron chi connectivity index (χ3n) is 3.54. The van der Waals surface area contributed by atoms with Gasteiger partial charge in [0.25, 0.3) is 5.91 Å². The largest absolute Gasteiger partial charge is 0.481 e. The molecule has 24 heavy (non-hydrogen) atoms. The van der Waals surface area contributed by atoms with E-state index in [1.54, 1.807) is 19.1 Å². The van der Waals surface area contributed by atoms with E-state index >= 15 is 0 Å². The van der Waals surface area contributed by atoms with Gasteiger partial charge in [-0.2, -0.15) is 0 Å². The molecule has 2 rings (SSSR count). The van der Waals surface area contributed by atoms with Crippen LogP contribution in [0.2, 0.25) is 0 Å². The summed E-state index contributed by atoms with van der Waals surface area (Å²) in [5.74, 6) is -1.50. The summed E-state index contributed by atoms with van der Waals surface area (Å²) in [4.78, 5) is 34.3. The fraction of sp³-hybridized carbons (Fsp3) is 0.278. The van der Waals surface area contributed by atoms with Crippen LogP contribution in [-0.4, -0.2) is 35.5 Å². The molecule has 0 spiro atoms. The summed E-state index contributed by atoms with van der Waals surface area (Å²) in [5, 5.41) is 15.9. The number of benzene rings is 2. The van der Waals surface area contributed by atoms with Crippen LogP contribution >= 0.6 is 0 Å². The second-order valence-corrected chi connectivity index (χ2v) is 5.63. The number of rotatable bonds is 7. The van der Waals surface area contributed by atoms with Crippen LogP contribution in [0.25, 0.3) is 10.8 Å². The Hall–Kier alpha value is -2.89. The molecule has 6 nitrogen and oxygen atoms in total. The van der Waals surface area contributed by atoms with E-state index in [-0.39, 0.29) is 31.2 Å². The van der Waals surface area contributed by atoms with Gasteiger partial charge in [0.15, 0.2) is 0 Å². The molecule has 0 bridgehead atoms. The fourth-order valence-corrected chi connectivity index (χ4v) is 2.38. The van der Waals surface area contributed by atoms with Crippen LogP contribution in [0.4, 0.5) is 0 Å². The molecule has 0 aromatic heterocycles. The van der Waals surface area contributed by atoms with Gasteiger partial charge in [-0.1, -0.05) is 30.3 Å². The van der Waals surface area contributed by atoms with Crippen molar-refractivity contribution in [1.29, 1.82) is 0 Å². The smallest absolute Gasteiger partial charge is 0.305 e. The highest BCUT2D eigenvalue weighted by Crippen LogP contribution is 2.15. The van der Waals surface area contributed by atoms with E-state index in [1.165, 1.54) is 0 Å². The van der Waals surface area contributed by atoms with Gasteiger partial charge in [-0.25, -0.2) is 0 Å². The van der Waals surface area contributed by atoms with Crippen LogP contribution < -0.4 is 10.6 Å². The van der Waals surface area contributed by atoms with Gasteiger partial charge in [0, 0.05) is 24.6 Å². The number of aliphatic carboxylic acids is 1. The molecular formula is C18H20N2O4. The Morgan fingerprint density at radius 1 is 1.08 bits per heavy atom. The molecule has 0 fully saturated rings. The lowest BCUT2D eigenvalue weighted by Gasteiger charge is -2.12. The van der Waals surface area contributed by atoms with Crippen LogP contribution in [0, 0.1) is 0 Å². The van der Waals surface area contributed by atoms with Crippen LogP contribution in [0.1, 0.15) is 30.1 Å². The third-order valence-corrected chi connectivity index (χ3v) is 3.54. The predicted octanol–water partition coefficient (Wildman–Crippen LogP) is 1.94. The first-order chi connectivity index (χ1) is 11.5. The molecule has 126 valence electrons. The van der Waals surface area contributed by atoms with Gasteiger partial charge in [-0.3, -0.25) is 14.4 Å². The molecule has 0 saturated heterocycles. The molecule has 0 aliphatic carbocycles. The number of hydrogen-bond donors (Lipinski definition) is 3. The summed E-state index contributed by atoms with van der Waals surface area (Å²) in [6, 6.07) is 12.7. The number of nitrogens with one attached hydrogen (secondary N) is 2. The number of hydrogen-bond acceptors (Lipinski definition) is 3. The van der Waals surface area contributed by atoms with Crippen molar-refractivity contribution in [2.24, 2.45) is 0 Å². The maximum Gasteiger partial charge on any atom is 0.305 e. The molecule has 2 amide bonds. The molecule has 1 unspecified atom stereocenters. The fourth-order valence-electron chi connectivity index (χ4n) is 2.38. The Labute approximate surface area is 139 Å². The molecule has 2 aromatic carbocycles. The summed E-state index contributed by atoms with van der Waals surface area (Å²) < 4.78 is 0. The second-order valence-electron chi connectivity index (χ2n) is 5.63. The minimum absolute atomic E-state index is 0.100. The van der Waals surface area contributed by atoms with Gasteiger partial charge in [0.05, 0.1) is 6.42 Å². The van der Waals surface area contributed by atoms with Crippen molar-refractivity contribution < 1.29 is 19.5 Å². The van der Waals surface area contributed by atoms with Gasteiger partial charge in [0.1, 0.15) is 0 Å². The summed E-state index contributed by atoms with van der Waals surface area (Å²) in [6.07, 6.45) is -0.0293. The molecule has 1 atom stereocenters. The zero-order chi connectivity index (χ0) is 17.5. The SMILES string of the molecule is CC(CC(=O)O)NC(=O)CCNC(=O)c1ccc2ccccc2c1. The first kappa shape index (κ1) is 17.5. The molecule has 2 aromatic rings. The maximum absolute atomic E-state index is 12.1. The molecule has 6 heteroatoms. The highest BCUT2D eigenvalue weighted by Gasteiger charge is 2.11. The monoisotopic (exact) mass is 328 g/mol. The summed E-state index contributed by atoms with van der Waals surface area (Å²) in [6.45, 7) is 1.82. The minimum Gasteiger partial charge on any atom is -0.481 e. The average Bonchev–Trinajstić information content (AvgIpc) is 2.53. The van der Waals surface area contributed by atoms with Crippen LogP contribution in [0.15, 0.2) is 42.5 Å². The highest BCUT2D eigenvalue weighted by atomic mass is 16.4. The highest BCUT2D eigenvalue weighted by molar-refractivity contribution is 5.98. The van der Waals surface area contributed by atoms with Crippen LogP contribution in [-0.2, 0) is 9.59 Å². The van der Waals surface area contributed by atoms with Crippen molar-refractivity contribution in [2.45, 2.75) is 25.8 Å². The standard InChI is InChI=1S/C18H20N2O4/c1-12(10-17(22)23)20-16(21)8-9-19-18(24)15-7-6-13-4-2-3-5-14(13)11-15/h2-7,11-12H,8-10H2,1H3,(H,19,24)(H,20,21)(H,22,23). The lowest BCUT2D eigenvalue weighted by Crippen LogP contribution is -2.36. The normalized spacial score (nSPS) is 11.7. The van der Waals surface area contributed by atoms with E-state index in [4.69, 9.17) is 5.11 Å². The topological polar surface area (TPSA) is 95.5 Å². The van der Waals surface area contributed by atoms with E-state index < -0.39 is 12.0 Å².